The Hall–Kier alpha value is -3.66. The van der Waals surface area contributed by atoms with Crippen LogP contribution in [0, 0.1) is 11.6 Å². The first-order chi connectivity index (χ1) is 16.3. The molecule has 0 radical (unpaired) electrons. The number of hydrogen-bond acceptors (Lipinski definition) is 6. The van der Waals surface area contributed by atoms with E-state index in [1.807, 2.05) is 18.9 Å². The highest BCUT2D eigenvalue weighted by molar-refractivity contribution is 6.00. The van der Waals surface area contributed by atoms with Crippen LogP contribution in [0.5, 0.6) is 5.75 Å². The lowest BCUT2D eigenvalue weighted by atomic mass is 10.0. The molecule has 3 aromatic rings. The van der Waals surface area contributed by atoms with Gasteiger partial charge >= 0.3 is 0 Å². The fourth-order valence-electron chi connectivity index (χ4n) is 4.43. The molecule has 8 nitrogen and oxygen atoms in total. The molecule has 34 heavy (non-hydrogen) atoms. The van der Waals surface area contributed by atoms with E-state index in [-0.39, 0.29) is 23.6 Å². The average Bonchev–Trinajstić information content (AvgIpc) is 2.82. The Balaban J connectivity index is 1.55. The van der Waals surface area contributed by atoms with E-state index in [4.69, 9.17) is 4.74 Å². The van der Waals surface area contributed by atoms with Crippen molar-refractivity contribution in [3.8, 4) is 5.75 Å². The van der Waals surface area contributed by atoms with Gasteiger partial charge in [-0.1, -0.05) is 0 Å². The van der Waals surface area contributed by atoms with E-state index in [1.165, 1.54) is 36.5 Å². The zero-order chi connectivity index (χ0) is 24.0. The number of nitrogens with one attached hydrogen (secondary N) is 2. The molecule has 0 bridgehead atoms. The Morgan fingerprint density at radius 3 is 2.53 bits per heavy atom. The molecule has 10 heteroatoms. The smallest absolute Gasteiger partial charge is 0.275 e. The highest BCUT2D eigenvalue weighted by Gasteiger charge is 2.31. The second kappa shape index (κ2) is 8.60. The van der Waals surface area contributed by atoms with E-state index in [1.54, 1.807) is 4.57 Å². The fourth-order valence-corrected chi connectivity index (χ4v) is 4.43. The van der Waals surface area contributed by atoms with Gasteiger partial charge in [-0.05, 0) is 44.3 Å². The van der Waals surface area contributed by atoms with Crippen LogP contribution in [0.2, 0.25) is 0 Å². The Labute approximate surface area is 194 Å². The summed E-state index contributed by atoms with van der Waals surface area (Å²) < 4.78 is 36.3. The van der Waals surface area contributed by atoms with Gasteiger partial charge in [0.2, 0.25) is 5.43 Å². The topological polar surface area (TPSA) is 78.8 Å². The van der Waals surface area contributed by atoms with Gasteiger partial charge in [-0.2, -0.15) is 0 Å². The van der Waals surface area contributed by atoms with Crippen LogP contribution < -0.4 is 25.9 Å². The minimum absolute atomic E-state index is 0.0892. The average molecular weight is 469 g/mol. The number of halogens is 2. The molecule has 1 aromatic heterocycles. The summed E-state index contributed by atoms with van der Waals surface area (Å²) in [6.45, 7) is 5.06. The molecule has 1 amide bonds. The number of hydrogen-bond donors (Lipinski definition) is 2. The van der Waals surface area contributed by atoms with E-state index in [0.717, 1.165) is 13.1 Å². The number of benzene rings is 2. The van der Waals surface area contributed by atoms with Crippen LogP contribution in [0.4, 0.5) is 20.2 Å². The molecule has 1 unspecified atom stereocenters. The zero-order valence-corrected chi connectivity index (χ0v) is 18.9. The number of anilines is 2. The van der Waals surface area contributed by atoms with Crippen LogP contribution >= 0.6 is 0 Å². The maximum absolute atomic E-state index is 15.4. The number of carbonyl (C=O) groups is 1. The molecule has 2 aromatic carbocycles. The Morgan fingerprint density at radius 1 is 1.12 bits per heavy atom. The lowest BCUT2D eigenvalue weighted by Crippen LogP contribution is -2.45. The highest BCUT2D eigenvalue weighted by Crippen LogP contribution is 2.42. The second-order valence-corrected chi connectivity index (χ2v) is 8.75. The molecular weight excluding hydrogens is 444 g/mol. The third-order valence-electron chi connectivity index (χ3n) is 6.37. The van der Waals surface area contributed by atoms with Gasteiger partial charge in [0.15, 0.2) is 11.6 Å². The number of amides is 1. The molecule has 3 heterocycles. The van der Waals surface area contributed by atoms with Crippen molar-refractivity contribution < 1.29 is 18.3 Å². The first-order valence-corrected chi connectivity index (χ1v) is 11.1. The number of pyridine rings is 1. The van der Waals surface area contributed by atoms with Crippen molar-refractivity contribution in [1.82, 2.24) is 14.9 Å². The standard InChI is InChI=1S/C24H25F2N5O3/c1-14-13-34-23-20-17(11-19(26)21(23)30-9-7-29(2)8-10-30)22(32)18(12-31(14)20)24(33)28-27-16-5-3-15(25)4-6-16/h3-6,11-12,14,27H,7-10,13H2,1-2H3,(H,28,33). The van der Waals surface area contributed by atoms with Gasteiger partial charge in [0.1, 0.15) is 23.7 Å². The minimum Gasteiger partial charge on any atom is -0.487 e. The maximum Gasteiger partial charge on any atom is 0.275 e. The van der Waals surface area contributed by atoms with Crippen molar-refractivity contribution in [2.45, 2.75) is 13.0 Å². The van der Waals surface area contributed by atoms with Gasteiger partial charge in [0.25, 0.3) is 5.91 Å². The van der Waals surface area contributed by atoms with Crippen molar-refractivity contribution in [2.24, 2.45) is 0 Å². The predicted octanol–water partition coefficient (Wildman–Crippen LogP) is 2.74. The first-order valence-electron chi connectivity index (χ1n) is 11.1. The number of ether oxygens (including phenoxy) is 1. The van der Waals surface area contributed by atoms with Crippen LogP contribution in [-0.2, 0) is 0 Å². The maximum atomic E-state index is 15.4. The molecule has 0 aliphatic carbocycles. The number of aromatic nitrogens is 1. The van der Waals surface area contributed by atoms with Gasteiger partial charge < -0.3 is 19.1 Å². The number of carbonyl (C=O) groups excluding carboxylic acids is 1. The van der Waals surface area contributed by atoms with Crippen molar-refractivity contribution in [2.75, 3.05) is 50.2 Å². The molecule has 2 aliphatic rings. The van der Waals surface area contributed by atoms with E-state index in [9.17, 15) is 14.0 Å². The Kier molecular flexibility index (Phi) is 5.60. The normalized spacial score (nSPS) is 18.0. The summed E-state index contributed by atoms with van der Waals surface area (Å²) in [6.07, 6.45) is 1.49. The molecule has 178 valence electrons. The van der Waals surface area contributed by atoms with Crippen molar-refractivity contribution in [3.05, 3.63) is 63.9 Å². The largest absolute Gasteiger partial charge is 0.487 e. The molecule has 0 saturated carbocycles. The molecular formula is C24H25F2N5O3. The van der Waals surface area contributed by atoms with Crippen LogP contribution in [0.1, 0.15) is 23.3 Å². The van der Waals surface area contributed by atoms with Gasteiger partial charge in [-0.25, -0.2) is 8.78 Å². The molecule has 2 aliphatic heterocycles. The van der Waals surface area contributed by atoms with E-state index < -0.39 is 23.0 Å². The van der Waals surface area contributed by atoms with Crippen LogP contribution in [0.15, 0.2) is 41.3 Å². The van der Waals surface area contributed by atoms with Crippen molar-refractivity contribution in [3.63, 3.8) is 0 Å². The second-order valence-electron chi connectivity index (χ2n) is 8.75. The summed E-state index contributed by atoms with van der Waals surface area (Å²) in [4.78, 5) is 30.2. The summed E-state index contributed by atoms with van der Waals surface area (Å²) in [5.74, 6) is -1.30. The summed E-state index contributed by atoms with van der Waals surface area (Å²) >= 11 is 0. The minimum atomic E-state index is -0.677. The third kappa shape index (κ3) is 3.83. The summed E-state index contributed by atoms with van der Waals surface area (Å²) in [6, 6.07) is 6.43. The molecule has 1 fully saturated rings. The first kappa shape index (κ1) is 22.1. The fraction of sp³-hybridized carbons (Fsp3) is 0.333. The van der Waals surface area contributed by atoms with Gasteiger partial charge in [0, 0.05) is 32.4 Å². The summed E-state index contributed by atoms with van der Waals surface area (Å²) in [5, 5.41) is 0.0892. The SMILES string of the molecule is CC1COc2c(N3CCN(C)CC3)c(F)cc3c(=O)c(C(=O)NNc4ccc(F)cc4)cn1c23. The molecule has 2 N–H and O–H groups in total. The molecule has 1 saturated heterocycles. The van der Waals surface area contributed by atoms with Crippen molar-refractivity contribution in [1.29, 1.82) is 0 Å². The van der Waals surface area contributed by atoms with Crippen LogP contribution in [0.3, 0.4) is 0 Å². The number of piperazine rings is 1. The lowest BCUT2D eigenvalue weighted by Gasteiger charge is -2.37. The molecule has 0 spiro atoms. The van der Waals surface area contributed by atoms with E-state index in [0.29, 0.717) is 35.7 Å². The number of hydrazine groups is 1. The number of nitrogens with zero attached hydrogens (tertiary/aromatic N) is 3. The molecule has 1 atom stereocenters. The van der Waals surface area contributed by atoms with Crippen LogP contribution in [-0.4, -0.2) is 55.2 Å². The zero-order valence-electron chi connectivity index (χ0n) is 18.9. The quantitative estimate of drug-likeness (QED) is 0.573. The number of rotatable bonds is 4. The lowest BCUT2D eigenvalue weighted by molar-refractivity contribution is 0.0960. The van der Waals surface area contributed by atoms with Gasteiger partial charge in [0.05, 0.1) is 22.6 Å². The monoisotopic (exact) mass is 469 g/mol. The number of likely N-dealkylation sites (N-methyl/N-ethyl adjacent to an activating group) is 1. The van der Waals surface area contributed by atoms with E-state index in [2.05, 4.69) is 15.8 Å². The molecule has 5 rings (SSSR count). The van der Waals surface area contributed by atoms with Gasteiger partial charge in [-0.15, -0.1) is 0 Å². The van der Waals surface area contributed by atoms with Gasteiger partial charge in [-0.3, -0.25) is 20.4 Å². The Morgan fingerprint density at radius 2 is 1.82 bits per heavy atom. The van der Waals surface area contributed by atoms with Crippen LogP contribution in [0.25, 0.3) is 10.9 Å². The van der Waals surface area contributed by atoms with Crippen molar-refractivity contribution >= 4 is 28.2 Å². The summed E-state index contributed by atoms with van der Waals surface area (Å²) in [7, 11) is 2.02. The highest BCUT2D eigenvalue weighted by atomic mass is 19.1. The predicted molar refractivity (Wildman–Crippen MR) is 126 cm³/mol. The van der Waals surface area contributed by atoms with E-state index >= 15 is 4.39 Å². The third-order valence-corrected chi connectivity index (χ3v) is 6.37. The summed E-state index contributed by atoms with van der Waals surface area (Å²) in [5.41, 5.74) is 5.69. The Bertz CT molecular complexity index is 1320.